The van der Waals surface area contributed by atoms with E-state index in [0.29, 0.717) is 12.6 Å². The van der Waals surface area contributed by atoms with Crippen molar-refractivity contribution in [3.8, 4) is 0 Å². The lowest BCUT2D eigenvalue weighted by Crippen LogP contribution is -2.40. The van der Waals surface area contributed by atoms with Crippen LogP contribution >= 0.6 is 23.1 Å². The molecule has 0 saturated heterocycles. The smallest absolute Gasteiger partial charge is 0.321 e. The van der Waals surface area contributed by atoms with Gasteiger partial charge < -0.3 is 9.88 Å². The summed E-state index contributed by atoms with van der Waals surface area (Å²) in [5.41, 5.74) is 0. The van der Waals surface area contributed by atoms with Crippen LogP contribution in [0.2, 0.25) is 0 Å². The predicted octanol–water partition coefficient (Wildman–Crippen LogP) is 2.37. The highest BCUT2D eigenvalue weighted by Gasteiger charge is 2.30. The van der Waals surface area contributed by atoms with E-state index in [2.05, 4.69) is 38.0 Å². The molecule has 2 aromatic rings. The zero-order valence-electron chi connectivity index (χ0n) is 13.6. The predicted molar refractivity (Wildman–Crippen MR) is 97.9 cm³/mol. The fourth-order valence-electron chi connectivity index (χ4n) is 2.30. The maximum Gasteiger partial charge on any atom is 0.321 e. The van der Waals surface area contributed by atoms with Gasteiger partial charge in [0.25, 0.3) is 0 Å². The largest absolute Gasteiger partial charge is 0.334 e. The Morgan fingerprint density at radius 1 is 1.44 bits per heavy atom. The van der Waals surface area contributed by atoms with Crippen LogP contribution in [0.25, 0.3) is 0 Å². The van der Waals surface area contributed by atoms with Crippen molar-refractivity contribution in [2.45, 2.75) is 30.5 Å². The minimum atomic E-state index is -0.521. The maximum absolute atomic E-state index is 11.9. The number of carbonyl (C=O) groups excluding carboxylic acids is 2. The van der Waals surface area contributed by atoms with E-state index in [0.717, 1.165) is 30.2 Å². The van der Waals surface area contributed by atoms with Gasteiger partial charge in [-0.2, -0.15) is 0 Å². The molecule has 1 saturated carbocycles. The van der Waals surface area contributed by atoms with Gasteiger partial charge in [-0.1, -0.05) is 23.9 Å². The summed E-state index contributed by atoms with van der Waals surface area (Å²) in [5, 5.41) is 16.1. The Morgan fingerprint density at radius 3 is 2.96 bits per heavy atom. The Balaban J connectivity index is 1.59. The first-order valence-corrected chi connectivity index (χ1v) is 9.81. The molecule has 1 aliphatic carbocycles. The summed E-state index contributed by atoms with van der Waals surface area (Å²) in [6.45, 7) is 3.81. The third-order valence-electron chi connectivity index (χ3n) is 3.55. The molecule has 25 heavy (non-hydrogen) atoms. The average molecular weight is 377 g/mol. The van der Waals surface area contributed by atoms with E-state index < -0.39 is 6.03 Å². The number of nitrogens with one attached hydrogen (secondary N) is 2. The first kappa shape index (κ1) is 17.7. The van der Waals surface area contributed by atoms with Crippen molar-refractivity contribution in [1.29, 1.82) is 0 Å². The quantitative estimate of drug-likeness (QED) is 0.545. The number of urea groups is 1. The molecule has 7 nitrogen and oxygen atoms in total. The molecule has 0 bridgehead atoms. The highest BCUT2D eigenvalue weighted by atomic mass is 32.2. The van der Waals surface area contributed by atoms with Crippen molar-refractivity contribution in [1.82, 2.24) is 25.4 Å². The molecule has 132 valence electrons. The van der Waals surface area contributed by atoms with Crippen LogP contribution in [0, 0.1) is 0 Å². The van der Waals surface area contributed by atoms with E-state index >= 15 is 0 Å². The number of amides is 3. The van der Waals surface area contributed by atoms with Crippen LogP contribution in [0.5, 0.6) is 0 Å². The van der Waals surface area contributed by atoms with Gasteiger partial charge in [-0.3, -0.25) is 10.1 Å². The highest BCUT2D eigenvalue weighted by Crippen LogP contribution is 2.39. The number of imide groups is 1. The van der Waals surface area contributed by atoms with Gasteiger partial charge in [0.05, 0.1) is 5.75 Å². The molecule has 2 aromatic heterocycles. The Bertz CT molecular complexity index is 753. The van der Waals surface area contributed by atoms with E-state index in [4.69, 9.17) is 0 Å². The van der Waals surface area contributed by atoms with Crippen LogP contribution in [0.4, 0.5) is 4.79 Å². The summed E-state index contributed by atoms with van der Waals surface area (Å²) < 4.78 is 2.13. The summed E-state index contributed by atoms with van der Waals surface area (Å²) in [6, 6.07) is 4.01. The number of nitrogens with zero attached hydrogens (tertiary/aromatic N) is 3. The lowest BCUT2D eigenvalue weighted by molar-refractivity contribution is -0.117. The number of hydrogen-bond donors (Lipinski definition) is 2. The normalized spacial score (nSPS) is 13.4. The van der Waals surface area contributed by atoms with Crippen molar-refractivity contribution in [3.05, 3.63) is 40.9 Å². The second-order valence-electron chi connectivity index (χ2n) is 5.59. The molecule has 3 amide bonds. The standard InChI is InChI=1S/C16H19N5O2S2/c1-2-7-17-15(23)18-14(22)10-25-16-20-19-13(21(16)11-5-6-11)9-12-4-3-8-24-12/h2-4,8,11H,1,5-7,9-10H2,(H2,17,18,22,23). The first-order chi connectivity index (χ1) is 12.2. The highest BCUT2D eigenvalue weighted by molar-refractivity contribution is 7.99. The van der Waals surface area contributed by atoms with E-state index in [9.17, 15) is 9.59 Å². The summed E-state index contributed by atoms with van der Waals surface area (Å²) >= 11 is 3.00. The molecule has 9 heteroatoms. The van der Waals surface area contributed by atoms with Crippen LogP contribution in [0.15, 0.2) is 35.3 Å². The topological polar surface area (TPSA) is 88.9 Å². The number of thiophene rings is 1. The van der Waals surface area contributed by atoms with Gasteiger partial charge in [-0.25, -0.2) is 4.79 Å². The molecule has 2 N–H and O–H groups in total. The Kier molecular flexibility index (Phi) is 5.87. The first-order valence-electron chi connectivity index (χ1n) is 7.95. The second-order valence-corrected chi connectivity index (χ2v) is 7.57. The van der Waals surface area contributed by atoms with Gasteiger partial charge in [0.2, 0.25) is 5.91 Å². The number of thioether (sulfide) groups is 1. The fraction of sp³-hybridized carbons (Fsp3) is 0.375. The maximum atomic E-state index is 11.9. The SMILES string of the molecule is C=CCNC(=O)NC(=O)CSc1nnc(Cc2cccs2)n1C1CC1. The summed E-state index contributed by atoms with van der Waals surface area (Å²) in [4.78, 5) is 24.6. The van der Waals surface area contributed by atoms with Crippen molar-refractivity contribution in [2.75, 3.05) is 12.3 Å². The lowest BCUT2D eigenvalue weighted by atomic mass is 10.3. The Labute approximate surface area is 153 Å². The number of aromatic nitrogens is 3. The zero-order chi connectivity index (χ0) is 17.6. The van der Waals surface area contributed by atoms with E-state index in [1.54, 1.807) is 17.4 Å². The second kappa shape index (κ2) is 8.30. The van der Waals surface area contributed by atoms with Gasteiger partial charge in [0.1, 0.15) is 5.82 Å². The van der Waals surface area contributed by atoms with Crippen LogP contribution in [0.1, 0.15) is 29.6 Å². The van der Waals surface area contributed by atoms with Crippen molar-refractivity contribution in [2.24, 2.45) is 0 Å². The van der Waals surface area contributed by atoms with Gasteiger partial charge in [-0.15, -0.1) is 28.1 Å². The molecule has 1 aliphatic rings. The molecule has 0 aromatic carbocycles. The lowest BCUT2D eigenvalue weighted by Gasteiger charge is -2.08. The summed E-state index contributed by atoms with van der Waals surface area (Å²) in [5.74, 6) is 0.680. The molecular weight excluding hydrogens is 358 g/mol. The van der Waals surface area contributed by atoms with Crippen LogP contribution in [-0.2, 0) is 11.2 Å². The Morgan fingerprint density at radius 2 is 2.28 bits per heavy atom. The van der Waals surface area contributed by atoms with E-state index in [1.807, 2.05) is 11.4 Å². The molecule has 2 heterocycles. The number of carbonyl (C=O) groups is 2. The van der Waals surface area contributed by atoms with Gasteiger partial charge in [0.15, 0.2) is 5.16 Å². The van der Waals surface area contributed by atoms with Gasteiger partial charge >= 0.3 is 6.03 Å². The fourth-order valence-corrected chi connectivity index (χ4v) is 3.82. The monoisotopic (exact) mass is 377 g/mol. The van der Waals surface area contributed by atoms with Crippen molar-refractivity contribution in [3.63, 3.8) is 0 Å². The van der Waals surface area contributed by atoms with E-state index in [-0.39, 0.29) is 11.7 Å². The van der Waals surface area contributed by atoms with Crippen LogP contribution in [0.3, 0.4) is 0 Å². The molecule has 0 radical (unpaired) electrons. The van der Waals surface area contributed by atoms with Gasteiger partial charge in [-0.05, 0) is 24.3 Å². The summed E-state index contributed by atoms with van der Waals surface area (Å²) in [6.07, 6.45) is 4.52. The third-order valence-corrected chi connectivity index (χ3v) is 5.37. The van der Waals surface area contributed by atoms with Crippen molar-refractivity contribution >= 4 is 35.0 Å². The van der Waals surface area contributed by atoms with Crippen LogP contribution in [-0.4, -0.2) is 39.0 Å². The van der Waals surface area contributed by atoms with Crippen LogP contribution < -0.4 is 10.6 Å². The molecule has 0 unspecified atom stereocenters. The third kappa shape index (κ3) is 4.93. The molecule has 1 fully saturated rings. The number of rotatable bonds is 8. The molecule has 0 spiro atoms. The molecular formula is C16H19N5O2S2. The number of hydrogen-bond acceptors (Lipinski definition) is 6. The minimum Gasteiger partial charge on any atom is -0.334 e. The minimum absolute atomic E-state index is 0.116. The van der Waals surface area contributed by atoms with Gasteiger partial charge in [0, 0.05) is 23.9 Å². The average Bonchev–Trinajstić information content (AvgIpc) is 3.14. The van der Waals surface area contributed by atoms with E-state index in [1.165, 1.54) is 16.6 Å². The Hall–Kier alpha value is -2.13. The molecule has 0 aliphatic heterocycles. The summed E-state index contributed by atoms with van der Waals surface area (Å²) in [7, 11) is 0. The molecule has 0 atom stereocenters. The zero-order valence-corrected chi connectivity index (χ0v) is 15.2. The molecule has 3 rings (SSSR count). The van der Waals surface area contributed by atoms with Crippen molar-refractivity contribution < 1.29 is 9.59 Å².